The minimum atomic E-state index is -0.892. The van der Waals surface area contributed by atoms with Gasteiger partial charge in [0.15, 0.2) is 0 Å². The van der Waals surface area contributed by atoms with Crippen molar-refractivity contribution in [3.05, 3.63) is 11.6 Å². The average Bonchev–Trinajstić information content (AvgIpc) is 2.49. The molecule has 0 spiro atoms. The molecule has 14 heavy (non-hydrogen) atoms. The third-order valence-electron chi connectivity index (χ3n) is 1.86. The molecule has 1 rings (SSSR count). The second-order valence-corrected chi connectivity index (χ2v) is 4.46. The molecule has 0 saturated heterocycles. The van der Waals surface area contributed by atoms with E-state index < -0.39 is 6.41 Å². The number of aliphatic hydroxyl groups excluding tert-OH is 1. The van der Waals surface area contributed by atoms with Crippen LogP contribution in [0.2, 0.25) is 0 Å². The summed E-state index contributed by atoms with van der Waals surface area (Å²) in [6.07, 6.45) is 1.23. The van der Waals surface area contributed by atoms with Crippen molar-refractivity contribution < 1.29 is 9.84 Å². The third-order valence-corrected chi connectivity index (χ3v) is 1.86. The van der Waals surface area contributed by atoms with Crippen molar-refractivity contribution in [1.82, 2.24) is 10.6 Å². The Morgan fingerprint density at radius 2 is 2.36 bits per heavy atom. The Balaban J connectivity index is 2.17. The van der Waals surface area contributed by atoms with E-state index in [0.29, 0.717) is 6.54 Å². The lowest BCUT2D eigenvalue weighted by Gasteiger charge is -2.24. The third kappa shape index (κ3) is 4.72. The number of hydrogen-bond donors (Lipinski definition) is 3. The molecule has 0 amide bonds. The first-order valence-electron chi connectivity index (χ1n) is 4.95. The van der Waals surface area contributed by atoms with Crippen molar-refractivity contribution in [2.24, 2.45) is 0 Å². The highest BCUT2D eigenvalue weighted by molar-refractivity contribution is 5.12. The maximum absolute atomic E-state index is 9.46. The standard InChI is InChI=1S/C10H20N2O2/c1-10(2,3)14-9(13)12-7-8-4-5-11-6-8/h4,9,11-13H,5-7H2,1-3H3. The van der Waals surface area contributed by atoms with E-state index in [2.05, 4.69) is 16.7 Å². The van der Waals surface area contributed by atoms with Gasteiger partial charge in [-0.05, 0) is 26.3 Å². The predicted molar refractivity (Wildman–Crippen MR) is 55.8 cm³/mol. The summed E-state index contributed by atoms with van der Waals surface area (Å²) in [5.74, 6) is 0. The minimum Gasteiger partial charge on any atom is -0.356 e. The van der Waals surface area contributed by atoms with E-state index in [-0.39, 0.29) is 5.60 Å². The van der Waals surface area contributed by atoms with Crippen LogP contribution in [0.3, 0.4) is 0 Å². The fourth-order valence-electron chi connectivity index (χ4n) is 1.25. The van der Waals surface area contributed by atoms with Crippen molar-refractivity contribution in [2.75, 3.05) is 19.6 Å². The normalized spacial score (nSPS) is 19.6. The van der Waals surface area contributed by atoms with Gasteiger partial charge in [0.1, 0.15) is 0 Å². The van der Waals surface area contributed by atoms with Crippen LogP contribution in [0.15, 0.2) is 11.6 Å². The molecule has 1 aliphatic heterocycles. The first-order valence-corrected chi connectivity index (χ1v) is 4.95. The molecule has 0 aromatic heterocycles. The molecule has 4 nitrogen and oxygen atoms in total. The highest BCUT2D eigenvalue weighted by atomic mass is 16.6. The molecule has 0 saturated carbocycles. The van der Waals surface area contributed by atoms with Gasteiger partial charge in [-0.15, -0.1) is 0 Å². The van der Waals surface area contributed by atoms with E-state index in [1.165, 1.54) is 5.57 Å². The average molecular weight is 200 g/mol. The lowest BCUT2D eigenvalue weighted by Crippen LogP contribution is -2.39. The summed E-state index contributed by atoms with van der Waals surface area (Å²) in [6.45, 7) is 8.23. The molecule has 1 unspecified atom stereocenters. The Labute approximate surface area is 85.3 Å². The highest BCUT2D eigenvalue weighted by Gasteiger charge is 2.16. The lowest BCUT2D eigenvalue weighted by molar-refractivity contribution is -0.180. The van der Waals surface area contributed by atoms with Gasteiger partial charge in [-0.25, -0.2) is 0 Å². The summed E-state index contributed by atoms with van der Waals surface area (Å²) >= 11 is 0. The largest absolute Gasteiger partial charge is 0.356 e. The van der Waals surface area contributed by atoms with Gasteiger partial charge < -0.3 is 15.2 Å². The zero-order chi connectivity index (χ0) is 10.6. The minimum absolute atomic E-state index is 0.325. The number of hydrogen-bond acceptors (Lipinski definition) is 4. The topological polar surface area (TPSA) is 53.5 Å². The first-order chi connectivity index (χ1) is 6.47. The van der Waals surface area contributed by atoms with Gasteiger partial charge in [-0.3, -0.25) is 5.32 Å². The Hall–Kier alpha value is -0.420. The van der Waals surface area contributed by atoms with Crippen LogP contribution in [0.25, 0.3) is 0 Å². The number of nitrogens with one attached hydrogen (secondary N) is 2. The molecule has 3 N–H and O–H groups in total. The fourth-order valence-corrected chi connectivity index (χ4v) is 1.25. The van der Waals surface area contributed by atoms with E-state index in [4.69, 9.17) is 4.74 Å². The number of ether oxygens (including phenoxy) is 1. The molecule has 0 bridgehead atoms. The SMILES string of the molecule is CC(C)(C)OC(O)NCC1=CCNC1. The molecule has 1 aliphatic rings. The van der Waals surface area contributed by atoms with Gasteiger partial charge in [0.05, 0.1) is 5.60 Å². The molecular formula is C10H20N2O2. The molecule has 0 aromatic carbocycles. The molecule has 0 aliphatic carbocycles. The van der Waals surface area contributed by atoms with Gasteiger partial charge in [0.2, 0.25) is 6.41 Å². The van der Waals surface area contributed by atoms with Crippen molar-refractivity contribution in [2.45, 2.75) is 32.8 Å². The lowest BCUT2D eigenvalue weighted by atomic mass is 10.2. The predicted octanol–water partition coefficient (Wildman–Crippen LogP) is 0.197. The van der Waals surface area contributed by atoms with E-state index in [9.17, 15) is 5.11 Å². The summed E-state index contributed by atoms with van der Waals surface area (Å²) < 4.78 is 5.29. The molecule has 4 heteroatoms. The quantitative estimate of drug-likeness (QED) is 0.448. The number of aliphatic hydroxyl groups is 1. The molecule has 0 aromatic rings. The Kier molecular flexibility index (Phi) is 4.07. The maximum Gasteiger partial charge on any atom is 0.214 e. The van der Waals surface area contributed by atoms with Crippen LogP contribution in [-0.4, -0.2) is 36.8 Å². The van der Waals surface area contributed by atoms with Crippen molar-refractivity contribution >= 4 is 0 Å². The fraction of sp³-hybridized carbons (Fsp3) is 0.800. The summed E-state index contributed by atoms with van der Waals surface area (Å²) in [4.78, 5) is 0. The van der Waals surface area contributed by atoms with Crippen LogP contribution < -0.4 is 10.6 Å². The van der Waals surface area contributed by atoms with Gasteiger partial charge in [0.25, 0.3) is 0 Å². The molecule has 1 heterocycles. The molecule has 0 radical (unpaired) electrons. The summed E-state index contributed by atoms with van der Waals surface area (Å²) in [7, 11) is 0. The Bertz CT molecular complexity index is 209. The van der Waals surface area contributed by atoms with Crippen molar-refractivity contribution in [3.8, 4) is 0 Å². The van der Waals surface area contributed by atoms with E-state index in [1.54, 1.807) is 0 Å². The summed E-state index contributed by atoms with van der Waals surface area (Å²) in [5.41, 5.74) is 0.941. The monoisotopic (exact) mass is 200 g/mol. The molecular weight excluding hydrogens is 180 g/mol. The van der Waals surface area contributed by atoms with Crippen LogP contribution in [0.4, 0.5) is 0 Å². The van der Waals surface area contributed by atoms with Gasteiger partial charge >= 0.3 is 0 Å². The zero-order valence-electron chi connectivity index (χ0n) is 9.13. The first kappa shape index (κ1) is 11.7. The van der Waals surface area contributed by atoms with Gasteiger partial charge in [0, 0.05) is 19.6 Å². The Morgan fingerprint density at radius 1 is 1.64 bits per heavy atom. The summed E-state index contributed by atoms with van der Waals surface area (Å²) in [5, 5.41) is 15.6. The maximum atomic E-state index is 9.46. The zero-order valence-corrected chi connectivity index (χ0v) is 9.13. The summed E-state index contributed by atoms with van der Waals surface area (Å²) in [6, 6.07) is 0. The van der Waals surface area contributed by atoms with Gasteiger partial charge in [-0.2, -0.15) is 0 Å². The second-order valence-electron chi connectivity index (χ2n) is 4.46. The van der Waals surface area contributed by atoms with Crippen LogP contribution in [0.5, 0.6) is 0 Å². The van der Waals surface area contributed by atoms with Crippen LogP contribution in [0, 0.1) is 0 Å². The van der Waals surface area contributed by atoms with Crippen molar-refractivity contribution in [1.29, 1.82) is 0 Å². The van der Waals surface area contributed by atoms with Crippen molar-refractivity contribution in [3.63, 3.8) is 0 Å². The van der Waals surface area contributed by atoms with E-state index >= 15 is 0 Å². The van der Waals surface area contributed by atoms with Gasteiger partial charge in [-0.1, -0.05) is 6.08 Å². The second kappa shape index (κ2) is 4.89. The molecule has 0 fully saturated rings. The van der Waals surface area contributed by atoms with Crippen LogP contribution in [-0.2, 0) is 4.74 Å². The van der Waals surface area contributed by atoms with Crippen LogP contribution >= 0.6 is 0 Å². The Morgan fingerprint density at radius 3 is 2.86 bits per heavy atom. The smallest absolute Gasteiger partial charge is 0.214 e. The molecule has 82 valence electrons. The number of rotatable bonds is 4. The van der Waals surface area contributed by atoms with E-state index in [1.807, 2.05) is 20.8 Å². The van der Waals surface area contributed by atoms with Crippen LogP contribution in [0.1, 0.15) is 20.8 Å². The van der Waals surface area contributed by atoms with E-state index in [0.717, 1.165) is 13.1 Å². The molecule has 1 atom stereocenters. The highest BCUT2D eigenvalue weighted by Crippen LogP contribution is 2.08.